The topological polar surface area (TPSA) is 28.7 Å². The molecule has 0 saturated heterocycles. The number of furan rings is 1. The highest BCUT2D eigenvalue weighted by atomic mass is 32.2. The Balaban J connectivity index is 1.83. The number of benzene rings is 1. The molecule has 0 bridgehead atoms. The van der Waals surface area contributed by atoms with Gasteiger partial charge in [0.15, 0.2) is 5.17 Å². The fourth-order valence-corrected chi connectivity index (χ4v) is 4.35. The largest absolute Gasteiger partial charge is 0.461 e. The number of fused-ring (bicyclic) bond motifs is 2. The van der Waals surface area contributed by atoms with Crippen molar-refractivity contribution < 1.29 is 4.42 Å². The molecule has 2 aliphatic rings. The molecule has 0 unspecified atom stereocenters. The van der Waals surface area contributed by atoms with Crippen molar-refractivity contribution >= 4 is 33.6 Å². The lowest BCUT2D eigenvalue weighted by Gasteiger charge is -2.17. The van der Waals surface area contributed by atoms with Crippen molar-refractivity contribution in [3.63, 3.8) is 0 Å². The number of aliphatic imine (C=N–C) groups is 1. The van der Waals surface area contributed by atoms with Crippen LogP contribution in [0.1, 0.15) is 31.1 Å². The third kappa shape index (κ3) is 2.09. The Bertz CT molecular complexity index is 772. The molecule has 0 N–H and O–H groups in total. The van der Waals surface area contributed by atoms with Crippen LogP contribution in [-0.4, -0.2) is 23.2 Å². The number of rotatable bonds is 3. The summed E-state index contributed by atoms with van der Waals surface area (Å²) >= 11 is 1.84. The predicted molar refractivity (Wildman–Crippen MR) is 89.4 cm³/mol. The van der Waals surface area contributed by atoms with Crippen LogP contribution < -0.4 is 0 Å². The molecule has 0 atom stereocenters. The van der Waals surface area contributed by atoms with Crippen LogP contribution in [0.3, 0.4) is 0 Å². The van der Waals surface area contributed by atoms with E-state index in [0.717, 1.165) is 37.3 Å². The average molecular weight is 298 g/mol. The van der Waals surface area contributed by atoms with Gasteiger partial charge in [-0.05, 0) is 25.5 Å². The first-order chi connectivity index (χ1) is 10.3. The van der Waals surface area contributed by atoms with Crippen LogP contribution in [0.4, 0.5) is 0 Å². The van der Waals surface area contributed by atoms with E-state index in [1.807, 2.05) is 18.7 Å². The molecule has 1 aromatic heterocycles. The van der Waals surface area contributed by atoms with Gasteiger partial charge >= 0.3 is 0 Å². The average Bonchev–Trinajstić information content (AvgIpc) is 3.10. The lowest BCUT2D eigenvalue weighted by atomic mass is 10.1. The minimum atomic E-state index is 0.910. The Morgan fingerprint density at radius 2 is 2.24 bits per heavy atom. The normalized spacial score (nSPS) is 17.8. The Labute approximate surface area is 128 Å². The maximum atomic E-state index is 5.80. The van der Waals surface area contributed by atoms with Crippen LogP contribution in [0.2, 0.25) is 0 Å². The summed E-state index contributed by atoms with van der Waals surface area (Å²) in [7, 11) is 0. The van der Waals surface area contributed by atoms with Gasteiger partial charge in [0.05, 0.1) is 12.2 Å². The van der Waals surface area contributed by atoms with Gasteiger partial charge in [-0.1, -0.05) is 37.2 Å². The van der Waals surface area contributed by atoms with Crippen molar-refractivity contribution in [2.45, 2.75) is 26.7 Å². The van der Waals surface area contributed by atoms with E-state index in [1.54, 1.807) is 0 Å². The Morgan fingerprint density at radius 3 is 3.10 bits per heavy atom. The minimum Gasteiger partial charge on any atom is -0.461 e. The van der Waals surface area contributed by atoms with Crippen LogP contribution in [0.15, 0.2) is 38.6 Å². The van der Waals surface area contributed by atoms with Crippen LogP contribution in [0.25, 0.3) is 16.7 Å². The van der Waals surface area contributed by atoms with Gasteiger partial charge in [0.2, 0.25) is 0 Å². The molecule has 0 radical (unpaired) electrons. The first-order valence-corrected chi connectivity index (χ1v) is 8.31. The van der Waals surface area contributed by atoms with E-state index >= 15 is 0 Å². The monoisotopic (exact) mass is 298 g/mol. The molecule has 2 aromatic rings. The van der Waals surface area contributed by atoms with Crippen LogP contribution in [-0.2, 0) is 0 Å². The lowest BCUT2D eigenvalue weighted by Crippen LogP contribution is -2.19. The lowest BCUT2D eigenvalue weighted by molar-refractivity contribution is 0.578. The Morgan fingerprint density at radius 1 is 1.33 bits per heavy atom. The third-order valence-electron chi connectivity index (χ3n) is 3.94. The highest BCUT2D eigenvalue weighted by Gasteiger charge is 2.32. The summed E-state index contributed by atoms with van der Waals surface area (Å²) in [5.41, 5.74) is 3.57. The van der Waals surface area contributed by atoms with Crippen LogP contribution >= 0.6 is 11.8 Å². The molecule has 3 heterocycles. The van der Waals surface area contributed by atoms with Gasteiger partial charge in [0, 0.05) is 22.4 Å². The summed E-state index contributed by atoms with van der Waals surface area (Å²) in [5.74, 6) is 0.967. The quantitative estimate of drug-likeness (QED) is 0.827. The molecular weight excluding hydrogens is 280 g/mol. The second kappa shape index (κ2) is 4.95. The molecule has 0 spiro atoms. The highest BCUT2D eigenvalue weighted by Crippen LogP contribution is 2.44. The summed E-state index contributed by atoms with van der Waals surface area (Å²) in [5, 5.41) is 2.35. The van der Waals surface area contributed by atoms with E-state index in [0.29, 0.717) is 0 Å². The van der Waals surface area contributed by atoms with E-state index in [-0.39, 0.29) is 0 Å². The molecule has 3 nitrogen and oxygen atoms in total. The zero-order valence-corrected chi connectivity index (χ0v) is 13.2. The number of aryl methyl sites for hydroxylation is 1. The second-order valence-corrected chi connectivity index (χ2v) is 6.61. The van der Waals surface area contributed by atoms with Crippen LogP contribution in [0, 0.1) is 6.92 Å². The number of thioether (sulfide) groups is 1. The van der Waals surface area contributed by atoms with Crippen molar-refractivity contribution in [1.29, 1.82) is 0 Å². The van der Waals surface area contributed by atoms with Crippen molar-refractivity contribution in [3.05, 3.63) is 40.5 Å². The number of hydrogen-bond donors (Lipinski definition) is 0. The van der Waals surface area contributed by atoms with Crippen molar-refractivity contribution in [2.24, 2.45) is 4.99 Å². The fraction of sp³-hybridized carbons (Fsp3) is 0.353. The zero-order chi connectivity index (χ0) is 14.4. The van der Waals surface area contributed by atoms with Crippen molar-refractivity contribution in [1.82, 2.24) is 4.90 Å². The predicted octanol–water partition coefficient (Wildman–Crippen LogP) is 4.63. The number of nitrogens with zero attached hydrogens (tertiary/aromatic N) is 2. The number of hydrogen-bond acceptors (Lipinski definition) is 4. The molecule has 1 aromatic carbocycles. The van der Waals surface area contributed by atoms with E-state index < -0.39 is 0 Å². The van der Waals surface area contributed by atoms with E-state index in [1.165, 1.54) is 26.7 Å². The van der Waals surface area contributed by atoms with Gasteiger partial charge in [-0.15, -0.1) is 0 Å². The van der Waals surface area contributed by atoms with Gasteiger partial charge in [-0.3, -0.25) is 4.99 Å². The molecule has 2 aliphatic heterocycles. The second-order valence-electron chi connectivity index (χ2n) is 5.55. The maximum Gasteiger partial charge on any atom is 0.168 e. The Kier molecular flexibility index (Phi) is 3.07. The first kappa shape index (κ1) is 13.0. The summed E-state index contributed by atoms with van der Waals surface area (Å²) < 4.78 is 5.80. The SMILES string of the molecule is CCCC1=C(c2ccc3cc(C)oc3c2)N2CCN=C2S1. The Hall–Kier alpha value is -1.68. The fourth-order valence-electron chi connectivity index (χ4n) is 3.06. The van der Waals surface area contributed by atoms with E-state index in [2.05, 4.69) is 41.1 Å². The molecule has 4 rings (SSSR count). The number of allylic oxidation sites excluding steroid dienone is 1. The van der Waals surface area contributed by atoms with Gasteiger partial charge in [0.1, 0.15) is 11.3 Å². The summed E-state index contributed by atoms with van der Waals surface area (Å²) in [6.45, 7) is 6.14. The van der Waals surface area contributed by atoms with Crippen molar-refractivity contribution in [2.75, 3.05) is 13.1 Å². The molecule has 4 heteroatoms. The smallest absolute Gasteiger partial charge is 0.168 e. The van der Waals surface area contributed by atoms with Gasteiger partial charge in [-0.2, -0.15) is 0 Å². The molecule has 0 saturated carbocycles. The standard InChI is InChI=1S/C17H18N2OS/c1-3-4-15-16(19-8-7-18-17(19)21-15)13-6-5-12-9-11(2)20-14(12)10-13/h5-6,9-10H,3-4,7-8H2,1-2H3. The summed E-state index contributed by atoms with van der Waals surface area (Å²) in [6, 6.07) is 8.64. The third-order valence-corrected chi connectivity index (χ3v) is 5.12. The van der Waals surface area contributed by atoms with Gasteiger partial charge in [-0.25, -0.2) is 0 Å². The van der Waals surface area contributed by atoms with Gasteiger partial charge < -0.3 is 9.32 Å². The molecular formula is C17H18N2OS. The molecule has 0 amide bonds. The summed E-state index contributed by atoms with van der Waals surface area (Å²) in [4.78, 5) is 8.42. The molecule has 108 valence electrons. The van der Waals surface area contributed by atoms with Crippen LogP contribution in [0.5, 0.6) is 0 Å². The molecule has 21 heavy (non-hydrogen) atoms. The highest BCUT2D eigenvalue weighted by molar-refractivity contribution is 8.17. The van der Waals surface area contributed by atoms with E-state index in [4.69, 9.17) is 4.42 Å². The molecule has 0 aliphatic carbocycles. The van der Waals surface area contributed by atoms with Gasteiger partial charge in [0.25, 0.3) is 0 Å². The molecule has 0 fully saturated rings. The zero-order valence-electron chi connectivity index (χ0n) is 12.3. The van der Waals surface area contributed by atoms with Crippen molar-refractivity contribution in [3.8, 4) is 0 Å². The maximum absolute atomic E-state index is 5.80. The number of amidine groups is 1. The minimum absolute atomic E-state index is 0.910. The summed E-state index contributed by atoms with van der Waals surface area (Å²) in [6.07, 6.45) is 2.28. The van der Waals surface area contributed by atoms with E-state index in [9.17, 15) is 0 Å². The first-order valence-electron chi connectivity index (χ1n) is 7.50.